The first-order chi connectivity index (χ1) is 9.34. The van der Waals surface area contributed by atoms with Gasteiger partial charge in [-0.2, -0.15) is 0 Å². The van der Waals surface area contributed by atoms with Crippen LogP contribution in [0.3, 0.4) is 0 Å². The van der Waals surface area contributed by atoms with E-state index in [2.05, 4.69) is 44.8 Å². The molecule has 4 unspecified atom stereocenters. The highest BCUT2D eigenvalue weighted by Crippen LogP contribution is 2.64. The highest BCUT2D eigenvalue weighted by Gasteiger charge is 2.61. The molecule has 20 heavy (non-hydrogen) atoms. The average Bonchev–Trinajstić information content (AvgIpc) is 2.70. The molecule has 2 aliphatic carbocycles. The number of hydrogen-bond donors (Lipinski definition) is 1. The minimum atomic E-state index is 0.513. The van der Waals surface area contributed by atoms with Crippen molar-refractivity contribution in [3.05, 3.63) is 0 Å². The zero-order valence-electron chi connectivity index (χ0n) is 14.2. The molecule has 1 saturated heterocycles. The highest BCUT2D eigenvalue weighted by atomic mass is 15.2. The Labute approximate surface area is 125 Å². The summed E-state index contributed by atoms with van der Waals surface area (Å²) < 4.78 is 0. The van der Waals surface area contributed by atoms with Gasteiger partial charge in [0, 0.05) is 18.6 Å². The summed E-state index contributed by atoms with van der Waals surface area (Å²) in [5.41, 5.74) is 1.10. The van der Waals surface area contributed by atoms with Gasteiger partial charge in [-0.1, -0.05) is 34.6 Å². The summed E-state index contributed by atoms with van der Waals surface area (Å²) in [5.74, 6) is 1.70. The molecule has 3 fully saturated rings. The third kappa shape index (κ3) is 2.23. The van der Waals surface area contributed by atoms with Crippen LogP contribution in [0.1, 0.15) is 60.3 Å². The summed E-state index contributed by atoms with van der Waals surface area (Å²) in [6.07, 6.45) is 5.72. The average molecular weight is 278 g/mol. The van der Waals surface area contributed by atoms with Crippen LogP contribution in [0.4, 0.5) is 0 Å². The number of rotatable bonds is 2. The Morgan fingerprint density at radius 1 is 1.20 bits per heavy atom. The minimum absolute atomic E-state index is 0.513. The van der Waals surface area contributed by atoms with Crippen molar-refractivity contribution in [2.24, 2.45) is 22.7 Å². The van der Waals surface area contributed by atoms with Crippen LogP contribution in [0.15, 0.2) is 0 Å². The van der Waals surface area contributed by atoms with Crippen LogP contribution in [0.2, 0.25) is 0 Å². The van der Waals surface area contributed by atoms with Gasteiger partial charge in [-0.05, 0) is 61.4 Å². The maximum Gasteiger partial charge on any atom is 0.0218 e. The van der Waals surface area contributed by atoms with Crippen LogP contribution in [0.25, 0.3) is 0 Å². The van der Waals surface area contributed by atoms with Gasteiger partial charge >= 0.3 is 0 Å². The molecular formula is C18H34N2. The molecule has 3 rings (SSSR count). The van der Waals surface area contributed by atoms with Crippen LogP contribution in [0.5, 0.6) is 0 Å². The molecule has 1 aliphatic heterocycles. The number of nitrogens with one attached hydrogen (secondary N) is 1. The molecule has 2 bridgehead atoms. The second-order valence-corrected chi connectivity index (χ2v) is 8.97. The third-order valence-electron chi connectivity index (χ3n) is 6.82. The van der Waals surface area contributed by atoms with Gasteiger partial charge in [-0.15, -0.1) is 0 Å². The molecule has 2 nitrogen and oxygen atoms in total. The molecule has 0 amide bonds. The Hall–Kier alpha value is -0.0800. The van der Waals surface area contributed by atoms with E-state index >= 15 is 0 Å². The fraction of sp³-hybridized carbons (Fsp3) is 1.00. The van der Waals surface area contributed by atoms with Crippen molar-refractivity contribution < 1.29 is 0 Å². The molecule has 1 N–H and O–H groups in total. The van der Waals surface area contributed by atoms with Crippen molar-refractivity contribution in [1.82, 2.24) is 10.2 Å². The van der Waals surface area contributed by atoms with Crippen molar-refractivity contribution in [3.63, 3.8) is 0 Å². The van der Waals surface area contributed by atoms with Crippen LogP contribution in [0, 0.1) is 22.7 Å². The molecule has 2 heteroatoms. The maximum absolute atomic E-state index is 3.78. The van der Waals surface area contributed by atoms with Crippen LogP contribution < -0.4 is 5.32 Å². The fourth-order valence-electron chi connectivity index (χ4n) is 5.85. The van der Waals surface area contributed by atoms with Crippen molar-refractivity contribution >= 4 is 0 Å². The number of fused-ring (bicyclic) bond motifs is 2. The second-order valence-electron chi connectivity index (χ2n) is 8.97. The number of nitrogens with zero attached hydrogens (tertiary/aromatic N) is 1. The van der Waals surface area contributed by atoms with Crippen LogP contribution in [-0.2, 0) is 0 Å². The van der Waals surface area contributed by atoms with E-state index in [4.69, 9.17) is 0 Å². The summed E-state index contributed by atoms with van der Waals surface area (Å²) in [5, 5.41) is 3.78. The molecule has 116 valence electrons. The summed E-state index contributed by atoms with van der Waals surface area (Å²) in [6.45, 7) is 16.2. The van der Waals surface area contributed by atoms with Gasteiger partial charge in [-0.3, -0.25) is 4.90 Å². The summed E-state index contributed by atoms with van der Waals surface area (Å²) >= 11 is 0. The smallest absolute Gasteiger partial charge is 0.0218 e. The van der Waals surface area contributed by atoms with E-state index in [-0.39, 0.29) is 0 Å². The molecule has 4 atom stereocenters. The van der Waals surface area contributed by atoms with Gasteiger partial charge in [-0.25, -0.2) is 0 Å². The molecule has 2 saturated carbocycles. The zero-order chi connectivity index (χ0) is 14.5. The molecule has 3 aliphatic rings. The minimum Gasteiger partial charge on any atom is -0.312 e. The molecule has 0 spiro atoms. The van der Waals surface area contributed by atoms with E-state index in [0.29, 0.717) is 16.9 Å². The Bertz CT molecular complexity index is 358. The summed E-state index contributed by atoms with van der Waals surface area (Å²) in [4.78, 5) is 2.88. The fourth-order valence-corrected chi connectivity index (χ4v) is 5.85. The van der Waals surface area contributed by atoms with Crippen molar-refractivity contribution in [2.75, 3.05) is 19.6 Å². The van der Waals surface area contributed by atoms with Gasteiger partial charge in [0.2, 0.25) is 0 Å². The first-order valence-corrected chi connectivity index (χ1v) is 8.82. The van der Waals surface area contributed by atoms with Gasteiger partial charge < -0.3 is 5.32 Å². The monoisotopic (exact) mass is 278 g/mol. The van der Waals surface area contributed by atoms with E-state index in [0.717, 1.165) is 17.9 Å². The number of hydrogen-bond acceptors (Lipinski definition) is 2. The lowest BCUT2D eigenvalue weighted by Gasteiger charge is -2.49. The molecular weight excluding hydrogens is 244 g/mol. The van der Waals surface area contributed by atoms with Gasteiger partial charge in [0.25, 0.3) is 0 Å². The van der Waals surface area contributed by atoms with E-state index in [1.54, 1.807) is 0 Å². The SMILES string of the molecule is CC(C)C1CN(C2C3(C)CCC(C3)C2(C)C)CCCN1. The Balaban J connectivity index is 1.83. The molecule has 1 heterocycles. The Morgan fingerprint density at radius 2 is 1.95 bits per heavy atom. The van der Waals surface area contributed by atoms with Gasteiger partial charge in [0.05, 0.1) is 0 Å². The standard InChI is InChI=1S/C18H34N2/c1-13(2)15-12-20(10-6-9-19-15)16-17(3,4)14-7-8-18(16,5)11-14/h13-16,19H,6-12H2,1-5H3. The highest BCUT2D eigenvalue weighted by molar-refractivity contribution is 5.13. The second kappa shape index (κ2) is 4.98. The Morgan fingerprint density at radius 3 is 2.55 bits per heavy atom. The van der Waals surface area contributed by atoms with E-state index < -0.39 is 0 Å². The van der Waals surface area contributed by atoms with Crippen LogP contribution >= 0.6 is 0 Å². The lowest BCUT2D eigenvalue weighted by molar-refractivity contribution is 0.000766. The summed E-state index contributed by atoms with van der Waals surface area (Å²) in [6, 6.07) is 1.48. The van der Waals surface area contributed by atoms with E-state index in [1.807, 2.05) is 0 Å². The van der Waals surface area contributed by atoms with E-state index in [1.165, 1.54) is 45.3 Å². The van der Waals surface area contributed by atoms with Crippen molar-refractivity contribution in [3.8, 4) is 0 Å². The maximum atomic E-state index is 3.78. The quantitative estimate of drug-likeness (QED) is 0.831. The van der Waals surface area contributed by atoms with Gasteiger partial charge in [0.1, 0.15) is 0 Å². The molecule has 0 aromatic heterocycles. The third-order valence-corrected chi connectivity index (χ3v) is 6.82. The first kappa shape index (κ1) is 14.8. The van der Waals surface area contributed by atoms with Crippen molar-refractivity contribution in [2.45, 2.75) is 72.4 Å². The topological polar surface area (TPSA) is 15.3 Å². The predicted octanol–water partition coefficient (Wildman–Crippen LogP) is 3.52. The summed E-state index contributed by atoms with van der Waals surface area (Å²) in [7, 11) is 0. The lowest BCUT2D eigenvalue weighted by atomic mass is 9.67. The van der Waals surface area contributed by atoms with Crippen molar-refractivity contribution in [1.29, 1.82) is 0 Å². The molecule has 0 radical (unpaired) electrons. The first-order valence-electron chi connectivity index (χ1n) is 8.82. The zero-order valence-corrected chi connectivity index (χ0v) is 14.2. The predicted molar refractivity (Wildman–Crippen MR) is 85.8 cm³/mol. The largest absolute Gasteiger partial charge is 0.312 e. The van der Waals surface area contributed by atoms with Gasteiger partial charge in [0.15, 0.2) is 0 Å². The Kier molecular flexibility index (Phi) is 3.70. The normalized spacial score (nSPS) is 45.0. The molecule has 0 aromatic carbocycles. The lowest BCUT2D eigenvalue weighted by Crippen LogP contribution is -2.55. The molecule has 0 aromatic rings. The van der Waals surface area contributed by atoms with E-state index in [9.17, 15) is 0 Å². The van der Waals surface area contributed by atoms with Crippen LogP contribution in [-0.4, -0.2) is 36.6 Å².